The van der Waals surface area contributed by atoms with Crippen LogP contribution in [0, 0.1) is 0 Å². The number of hydrogen-bond acceptors (Lipinski definition) is 4. The highest BCUT2D eigenvalue weighted by Gasteiger charge is 2.16. The molecule has 0 radical (unpaired) electrons. The van der Waals surface area contributed by atoms with Crippen molar-refractivity contribution in [1.29, 1.82) is 0 Å². The van der Waals surface area contributed by atoms with Crippen LogP contribution in [-0.2, 0) is 21.1 Å². The number of carboxylic acids is 1. The van der Waals surface area contributed by atoms with Gasteiger partial charge in [0.05, 0.1) is 11.3 Å². The first-order valence-electron chi connectivity index (χ1n) is 7.84. The number of aliphatic carboxylic acids is 1. The first-order chi connectivity index (χ1) is 12.3. The highest BCUT2D eigenvalue weighted by Crippen LogP contribution is 2.24. The van der Waals surface area contributed by atoms with E-state index in [1.165, 1.54) is 24.3 Å². The maximum absolute atomic E-state index is 13.0. The zero-order chi connectivity index (χ0) is 18.9. The number of rotatable bonds is 5. The molecule has 1 N–H and O–H groups in total. The van der Waals surface area contributed by atoms with Crippen LogP contribution in [0.4, 0.5) is 0 Å². The summed E-state index contributed by atoms with van der Waals surface area (Å²) in [5.74, 6) is -1.26. The Morgan fingerprint density at radius 2 is 1.62 bits per heavy atom. The second kappa shape index (κ2) is 6.72. The minimum Gasteiger partial charge on any atom is -0.481 e. The van der Waals surface area contributed by atoms with Crippen molar-refractivity contribution in [3.63, 3.8) is 0 Å². The summed E-state index contributed by atoms with van der Waals surface area (Å²) in [6.45, 7) is 0. The third kappa shape index (κ3) is 3.65. The number of hydrogen-bond donors (Lipinski definition) is 1. The van der Waals surface area contributed by atoms with Gasteiger partial charge in [-0.1, -0.05) is 30.3 Å². The van der Waals surface area contributed by atoms with Gasteiger partial charge in [0.2, 0.25) is 0 Å². The summed E-state index contributed by atoms with van der Waals surface area (Å²) >= 11 is 0. The molecule has 0 spiro atoms. The lowest BCUT2D eigenvalue weighted by Crippen LogP contribution is -2.06. The Hall–Kier alpha value is -2.99. The van der Waals surface area contributed by atoms with E-state index in [0.29, 0.717) is 16.7 Å². The molecule has 0 fully saturated rings. The summed E-state index contributed by atoms with van der Waals surface area (Å²) in [4.78, 5) is 24.1. The monoisotopic (exact) mass is 368 g/mol. The molecule has 0 aliphatic rings. The van der Waals surface area contributed by atoms with E-state index < -0.39 is 15.8 Å². The van der Waals surface area contributed by atoms with E-state index in [1.54, 1.807) is 18.2 Å². The van der Waals surface area contributed by atoms with Gasteiger partial charge in [-0.25, -0.2) is 8.42 Å². The van der Waals surface area contributed by atoms with Crippen molar-refractivity contribution >= 4 is 32.4 Å². The van der Waals surface area contributed by atoms with E-state index >= 15 is 0 Å². The zero-order valence-electron chi connectivity index (χ0n) is 14.0. The number of carbonyl (C=O) groups is 2. The Morgan fingerprint density at radius 1 is 0.962 bits per heavy atom. The van der Waals surface area contributed by atoms with Gasteiger partial charge in [-0.15, -0.1) is 0 Å². The van der Waals surface area contributed by atoms with E-state index in [4.69, 9.17) is 5.11 Å². The van der Waals surface area contributed by atoms with E-state index in [1.807, 2.05) is 18.2 Å². The fraction of sp³-hybridized carbons (Fsp3) is 0.100. The second-order valence-electron chi connectivity index (χ2n) is 6.06. The Balaban J connectivity index is 2.11. The first-order valence-corrected chi connectivity index (χ1v) is 9.73. The molecule has 0 aliphatic heterocycles. The largest absolute Gasteiger partial charge is 0.481 e. The van der Waals surface area contributed by atoms with Crippen molar-refractivity contribution < 1.29 is 23.1 Å². The molecule has 0 bridgehead atoms. The van der Waals surface area contributed by atoms with Gasteiger partial charge in [0.1, 0.15) is 0 Å². The molecular formula is C20H16O5S. The fourth-order valence-electron chi connectivity index (χ4n) is 2.85. The van der Waals surface area contributed by atoms with Crippen molar-refractivity contribution in [1.82, 2.24) is 0 Å². The van der Waals surface area contributed by atoms with E-state index in [0.717, 1.165) is 17.0 Å². The van der Waals surface area contributed by atoms with Gasteiger partial charge in [0.15, 0.2) is 15.6 Å². The van der Waals surface area contributed by atoms with Crippen LogP contribution in [0.3, 0.4) is 0 Å². The summed E-state index contributed by atoms with van der Waals surface area (Å²) in [7, 11) is -3.34. The van der Waals surface area contributed by atoms with Crippen molar-refractivity contribution in [3.05, 3.63) is 77.4 Å². The summed E-state index contributed by atoms with van der Waals surface area (Å²) in [6.07, 6.45) is 0.921. The topological polar surface area (TPSA) is 88.5 Å². The quantitative estimate of drug-likeness (QED) is 0.699. The molecule has 132 valence electrons. The molecule has 0 unspecified atom stereocenters. The van der Waals surface area contributed by atoms with Crippen LogP contribution in [0.15, 0.2) is 65.6 Å². The molecule has 0 saturated heterocycles. The van der Waals surface area contributed by atoms with Gasteiger partial charge in [-0.2, -0.15) is 0 Å². The molecule has 3 aromatic carbocycles. The van der Waals surface area contributed by atoms with Crippen LogP contribution >= 0.6 is 0 Å². The minimum absolute atomic E-state index is 0.138. The second-order valence-corrected chi connectivity index (χ2v) is 8.08. The summed E-state index contributed by atoms with van der Waals surface area (Å²) in [6, 6.07) is 16.3. The number of carbonyl (C=O) groups excluding carboxylic acids is 1. The van der Waals surface area contributed by atoms with Crippen LogP contribution in [0.5, 0.6) is 0 Å². The molecule has 26 heavy (non-hydrogen) atoms. The Labute approximate surface area is 150 Å². The molecular weight excluding hydrogens is 352 g/mol. The molecule has 5 nitrogen and oxygen atoms in total. The van der Waals surface area contributed by atoms with Gasteiger partial charge >= 0.3 is 5.97 Å². The maximum Gasteiger partial charge on any atom is 0.307 e. The summed E-state index contributed by atoms with van der Waals surface area (Å²) < 4.78 is 23.1. The smallest absolute Gasteiger partial charge is 0.307 e. The number of carboxylic acid groups (broad SMARTS) is 1. The van der Waals surface area contributed by atoms with Crippen LogP contribution in [0.2, 0.25) is 0 Å². The average molecular weight is 368 g/mol. The van der Waals surface area contributed by atoms with E-state index in [9.17, 15) is 18.0 Å². The molecule has 0 aliphatic carbocycles. The van der Waals surface area contributed by atoms with Gasteiger partial charge in [-0.3, -0.25) is 9.59 Å². The highest BCUT2D eigenvalue weighted by atomic mass is 32.2. The van der Waals surface area contributed by atoms with E-state index in [2.05, 4.69) is 0 Å². The van der Waals surface area contributed by atoms with Crippen molar-refractivity contribution in [2.24, 2.45) is 0 Å². The Kier molecular flexibility index (Phi) is 4.61. The van der Waals surface area contributed by atoms with Crippen LogP contribution in [-0.4, -0.2) is 31.5 Å². The predicted molar refractivity (Wildman–Crippen MR) is 98.3 cm³/mol. The number of ketones is 1. The standard InChI is InChI=1S/C20H16O5S/c1-26(24,25)16-8-6-14(7-9-16)20(23)18-11-13(12-19(21)22)10-15-4-2-3-5-17(15)18/h2-11H,12H2,1H3,(H,21,22). The van der Waals surface area contributed by atoms with Gasteiger partial charge in [0, 0.05) is 17.4 Å². The van der Waals surface area contributed by atoms with E-state index in [-0.39, 0.29) is 17.1 Å². The van der Waals surface area contributed by atoms with Crippen LogP contribution < -0.4 is 0 Å². The van der Waals surface area contributed by atoms with Crippen molar-refractivity contribution in [2.45, 2.75) is 11.3 Å². The fourth-order valence-corrected chi connectivity index (χ4v) is 3.48. The van der Waals surface area contributed by atoms with Gasteiger partial charge < -0.3 is 5.11 Å². The average Bonchev–Trinajstić information content (AvgIpc) is 2.59. The summed E-state index contributed by atoms with van der Waals surface area (Å²) in [5.41, 5.74) is 1.27. The van der Waals surface area contributed by atoms with Crippen molar-refractivity contribution in [2.75, 3.05) is 6.26 Å². The molecule has 0 atom stereocenters. The summed E-state index contributed by atoms with van der Waals surface area (Å²) in [5, 5.41) is 10.6. The lowest BCUT2D eigenvalue weighted by atomic mass is 9.94. The lowest BCUT2D eigenvalue weighted by molar-refractivity contribution is -0.136. The molecule has 3 aromatic rings. The lowest BCUT2D eigenvalue weighted by Gasteiger charge is -2.09. The Bertz CT molecular complexity index is 1110. The third-order valence-corrected chi connectivity index (χ3v) is 5.19. The van der Waals surface area contributed by atoms with Crippen LogP contribution in [0.25, 0.3) is 10.8 Å². The molecule has 6 heteroatoms. The SMILES string of the molecule is CS(=O)(=O)c1ccc(C(=O)c2cc(CC(=O)O)cc3ccccc23)cc1. The van der Waals surface area contributed by atoms with Crippen molar-refractivity contribution in [3.8, 4) is 0 Å². The number of sulfone groups is 1. The minimum atomic E-state index is -3.34. The first kappa shape index (κ1) is 17.8. The van der Waals surface area contributed by atoms with Gasteiger partial charge in [-0.05, 0) is 46.7 Å². The third-order valence-electron chi connectivity index (χ3n) is 4.07. The maximum atomic E-state index is 13.0. The predicted octanol–water partition coefficient (Wildman–Crippen LogP) is 3.10. The normalized spacial score (nSPS) is 11.4. The molecule has 0 amide bonds. The molecule has 0 aromatic heterocycles. The number of benzene rings is 3. The number of fused-ring (bicyclic) bond motifs is 1. The highest BCUT2D eigenvalue weighted by molar-refractivity contribution is 7.90. The molecule has 0 saturated carbocycles. The zero-order valence-corrected chi connectivity index (χ0v) is 14.8. The molecule has 0 heterocycles. The van der Waals surface area contributed by atoms with Crippen LogP contribution in [0.1, 0.15) is 21.5 Å². The molecule has 3 rings (SSSR count). The van der Waals surface area contributed by atoms with Gasteiger partial charge in [0.25, 0.3) is 0 Å². The Morgan fingerprint density at radius 3 is 2.23 bits per heavy atom.